The van der Waals surface area contributed by atoms with Crippen LogP contribution in [0, 0.1) is 0 Å². The summed E-state index contributed by atoms with van der Waals surface area (Å²) in [5, 5.41) is 2.87. The van der Waals surface area contributed by atoms with Gasteiger partial charge in [-0.3, -0.25) is 0 Å². The van der Waals surface area contributed by atoms with Crippen LogP contribution in [0.25, 0.3) is 0 Å². The molecule has 1 aromatic heterocycles. The summed E-state index contributed by atoms with van der Waals surface area (Å²) >= 11 is 0. The second-order valence-corrected chi connectivity index (χ2v) is 5.49. The monoisotopic (exact) mass is 301 g/mol. The van der Waals surface area contributed by atoms with Gasteiger partial charge in [0.05, 0.1) is 17.8 Å². The van der Waals surface area contributed by atoms with Gasteiger partial charge in [0.2, 0.25) is 0 Å². The Morgan fingerprint density at radius 2 is 1.95 bits per heavy atom. The number of nitrogens with zero attached hydrogens (tertiary/aromatic N) is 2. The van der Waals surface area contributed by atoms with Crippen LogP contribution in [0.3, 0.4) is 0 Å². The van der Waals surface area contributed by atoms with E-state index in [-0.39, 0.29) is 18.0 Å². The zero-order valence-corrected chi connectivity index (χ0v) is 11.8. The number of halogens is 3. The molecule has 0 aromatic carbocycles. The lowest BCUT2D eigenvalue weighted by atomic mass is 10.2. The van der Waals surface area contributed by atoms with Gasteiger partial charge < -0.3 is 15.0 Å². The third-order valence-corrected chi connectivity index (χ3v) is 3.86. The Bertz CT molecular complexity index is 509. The number of nitrogens with one attached hydrogen (secondary N) is 1. The lowest BCUT2D eigenvalue weighted by molar-refractivity contribution is -0.137. The van der Waals surface area contributed by atoms with Crippen molar-refractivity contribution in [3.05, 3.63) is 17.7 Å². The van der Waals surface area contributed by atoms with Gasteiger partial charge in [0, 0.05) is 19.6 Å². The number of hydrogen-bond donors (Lipinski definition) is 1. The first-order valence-electron chi connectivity index (χ1n) is 7.19. The summed E-state index contributed by atoms with van der Waals surface area (Å²) in [6.07, 6.45) is -2.20. The number of morpholine rings is 1. The van der Waals surface area contributed by atoms with E-state index < -0.39 is 11.7 Å². The molecule has 1 N–H and O–H groups in total. The average molecular weight is 301 g/mol. The summed E-state index contributed by atoms with van der Waals surface area (Å²) in [5.41, 5.74) is -0.665. The molecule has 2 saturated heterocycles. The van der Waals surface area contributed by atoms with E-state index in [1.807, 2.05) is 11.8 Å². The highest BCUT2D eigenvalue weighted by molar-refractivity contribution is 5.52. The molecule has 2 bridgehead atoms. The van der Waals surface area contributed by atoms with Gasteiger partial charge in [-0.2, -0.15) is 13.2 Å². The predicted octanol–water partition coefficient (Wildman–Crippen LogP) is 2.90. The first kappa shape index (κ1) is 14.4. The predicted molar refractivity (Wildman–Crippen MR) is 73.5 cm³/mol. The van der Waals surface area contributed by atoms with Crippen molar-refractivity contribution in [1.82, 2.24) is 4.98 Å². The molecular weight excluding hydrogens is 283 g/mol. The van der Waals surface area contributed by atoms with Crippen molar-refractivity contribution in [2.24, 2.45) is 0 Å². The zero-order chi connectivity index (χ0) is 15.0. The standard InChI is InChI=1S/C14H18F3N3O/c1-2-18-12-5-9(14(15,16)17)6-13(19-12)20-7-10-3-4-11(8-20)21-10/h5-6,10-11H,2-4,7-8H2,1H3,(H,18,19). The molecule has 2 atom stereocenters. The third-order valence-electron chi connectivity index (χ3n) is 3.86. The Morgan fingerprint density at radius 1 is 1.29 bits per heavy atom. The van der Waals surface area contributed by atoms with E-state index in [2.05, 4.69) is 10.3 Å². The maximum Gasteiger partial charge on any atom is 0.416 e. The average Bonchev–Trinajstić information content (AvgIpc) is 2.76. The molecule has 2 fully saturated rings. The van der Waals surface area contributed by atoms with Crippen molar-refractivity contribution in [3.63, 3.8) is 0 Å². The maximum absolute atomic E-state index is 13.0. The SMILES string of the molecule is CCNc1cc(C(F)(F)F)cc(N2CC3CCC(C2)O3)n1. The Morgan fingerprint density at radius 3 is 2.52 bits per heavy atom. The van der Waals surface area contributed by atoms with Crippen LogP contribution < -0.4 is 10.2 Å². The molecule has 116 valence electrons. The summed E-state index contributed by atoms with van der Waals surface area (Å²) in [4.78, 5) is 6.22. The smallest absolute Gasteiger partial charge is 0.371 e. The van der Waals surface area contributed by atoms with Crippen molar-refractivity contribution < 1.29 is 17.9 Å². The van der Waals surface area contributed by atoms with Crippen LogP contribution in [0.15, 0.2) is 12.1 Å². The van der Waals surface area contributed by atoms with Crippen molar-refractivity contribution in [2.45, 2.75) is 38.1 Å². The van der Waals surface area contributed by atoms with Gasteiger partial charge in [-0.15, -0.1) is 0 Å². The molecule has 0 radical (unpaired) electrons. The second-order valence-electron chi connectivity index (χ2n) is 5.49. The number of rotatable bonds is 3. The second kappa shape index (κ2) is 5.36. The molecule has 0 spiro atoms. The highest BCUT2D eigenvalue weighted by Gasteiger charge is 2.36. The van der Waals surface area contributed by atoms with Crippen LogP contribution in [0.5, 0.6) is 0 Å². The fourth-order valence-electron chi connectivity index (χ4n) is 2.92. The van der Waals surface area contributed by atoms with Crippen molar-refractivity contribution in [1.29, 1.82) is 0 Å². The zero-order valence-electron chi connectivity index (χ0n) is 11.8. The normalized spacial score (nSPS) is 25.2. The topological polar surface area (TPSA) is 37.4 Å². The molecule has 3 rings (SSSR count). The summed E-state index contributed by atoms with van der Waals surface area (Å²) in [7, 11) is 0. The molecule has 2 unspecified atom stereocenters. The Hall–Kier alpha value is -1.50. The Labute approximate surface area is 121 Å². The number of alkyl halides is 3. The number of pyridine rings is 1. The van der Waals surface area contributed by atoms with Gasteiger partial charge >= 0.3 is 6.18 Å². The molecule has 2 aliphatic heterocycles. The molecule has 0 aliphatic carbocycles. The van der Waals surface area contributed by atoms with Crippen LogP contribution in [0.1, 0.15) is 25.3 Å². The van der Waals surface area contributed by atoms with Crippen LogP contribution in [-0.2, 0) is 10.9 Å². The van der Waals surface area contributed by atoms with E-state index in [0.29, 0.717) is 25.5 Å². The highest BCUT2D eigenvalue weighted by Crippen LogP contribution is 2.35. The summed E-state index contributed by atoms with van der Waals surface area (Å²) in [6.45, 7) is 3.57. The fourth-order valence-corrected chi connectivity index (χ4v) is 2.92. The van der Waals surface area contributed by atoms with Gasteiger partial charge in [0.1, 0.15) is 11.6 Å². The largest absolute Gasteiger partial charge is 0.416 e. The van der Waals surface area contributed by atoms with Crippen LogP contribution >= 0.6 is 0 Å². The number of fused-ring (bicyclic) bond motifs is 2. The molecule has 0 amide bonds. The van der Waals surface area contributed by atoms with E-state index >= 15 is 0 Å². The number of ether oxygens (including phenoxy) is 1. The Balaban J connectivity index is 1.91. The minimum Gasteiger partial charge on any atom is -0.371 e. The molecular formula is C14H18F3N3O. The molecule has 21 heavy (non-hydrogen) atoms. The summed E-state index contributed by atoms with van der Waals surface area (Å²) in [5.74, 6) is 0.641. The molecule has 4 nitrogen and oxygen atoms in total. The van der Waals surface area contributed by atoms with E-state index in [1.165, 1.54) is 0 Å². The first-order valence-corrected chi connectivity index (χ1v) is 7.19. The number of aromatic nitrogens is 1. The van der Waals surface area contributed by atoms with E-state index in [1.54, 1.807) is 0 Å². The maximum atomic E-state index is 13.0. The van der Waals surface area contributed by atoms with E-state index in [4.69, 9.17) is 4.74 Å². The lowest BCUT2D eigenvalue weighted by Gasteiger charge is -2.33. The molecule has 7 heteroatoms. The highest BCUT2D eigenvalue weighted by atomic mass is 19.4. The Kier molecular flexibility index (Phi) is 3.69. The van der Waals surface area contributed by atoms with Gasteiger partial charge in [-0.05, 0) is 31.9 Å². The molecule has 0 saturated carbocycles. The van der Waals surface area contributed by atoms with E-state index in [0.717, 1.165) is 25.0 Å². The summed E-state index contributed by atoms with van der Waals surface area (Å²) < 4.78 is 44.8. The molecule has 2 aliphatic rings. The van der Waals surface area contributed by atoms with Crippen LogP contribution in [0.4, 0.5) is 24.8 Å². The van der Waals surface area contributed by atoms with Crippen molar-refractivity contribution in [2.75, 3.05) is 29.9 Å². The van der Waals surface area contributed by atoms with Crippen LogP contribution in [-0.4, -0.2) is 36.8 Å². The quantitative estimate of drug-likeness (QED) is 0.931. The van der Waals surface area contributed by atoms with Gasteiger partial charge in [-0.25, -0.2) is 4.98 Å². The first-order chi connectivity index (χ1) is 9.95. The lowest BCUT2D eigenvalue weighted by Crippen LogP contribution is -2.43. The minimum absolute atomic E-state index is 0.114. The molecule has 1 aromatic rings. The van der Waals surface area contributed by atoms with Crippen LogP contribution in [0.2, 0.25) is 0 Å². The fraction of sp³-hybridized carbons (Fsp3) is 0.643. The van der Waals surface area contributed by atoms with Gasteiger partial charge in [0.25, 0.3) is 0 Å². The van der Waals surface area contributed by atoms with E-state index in [9.17, 15) is 13.2 Å². The van der Waals surface area contributed by atoms with Crippen molar-refractivity contribution in [3.8, 4) is 0 Å². The number of hydrogen-bond acceptors (Lipinski definition) is 4. The van der Waals surface area contributed by atoms with Gasteiger partial charge in [0.15, 0.2) is 0 Å². The number of anilines is 2. The third kappa shape index (κ3) is 3.07. The molecule has 3 heterocycles. The minimum atomic E-state index is -4.37. The van der Waals surface area contributed by atoms with Crippen molar-refractivity contribution >= 4 is 11.6 Å². The summed E-state index contributed by atoms with van der Waals surface area (Å²) in [6, 6.07) is 2.19. The van der Waals surface area contributed by atoms with Gasteiger partial charge in [-0.1, -0.05) is 0 Å².